The summed E-state index contributed by atoms with van der Waals surface area (Å²) in [5.41, 5.74) is 3.50. The number of anilines is 1. The number of phenolic OH excluding ortho intramolecular Hbond substituents is 1. The second-order valence-corrected chi connectivity index (χ2v) is 7.93. The third kappa shape index (κ3) is 4.67. The minimum absolute atomic E-state index is 0.0905. The summed E-state index contributed by atoms with van der Waals surface area (Å²) in [5.74, 6) is 2.72. The van der Waals surface area contributed by atoms with Crippen molar-refractivity contribution < 1.29 is 24.1 Å². The number of fused-ring (bicyclic) bond motifs is 1. The molecule has 8 heteroatoms. The van der Waals surface area contributed by atoms with Crippen molar-refractivity contribution >= 4 is 5.82 Å². The van der Waals surface area contributed by atoms with Crippen LogP contribution in [-0.2, 0) is 4.74 Å². The van der Waals surface area contributed by atoms with E-state index >= 15 is 0 Å². The Morgan fingerprint density at radius 3 is 2.79 bits per heavy atom. The standard InChI is InChI=1S/C25H27N3O5/c1-30-23-14-17(5-6-21(23)29)20-13-18(19-3-2-4-22-25(19)33-16-32-22)15-24(27-20)26-7-8-28-9-11-31-12-10-28/h2-6,13-15,29H,7-12,16H2,1H3,(H,26,27). The first kappa shape index (κ1) is 21.4. The molecule has 0 saturated carbocycles. The van der Waals surface area contributed by atoms with Crippen LogP contribution in [0.5, 0.6) is 23.0 Å². The second-order valence-electron chi connectivity index (χ2n) is 7.93. The summed E-state index contributed by atoms with van der Waals surface area (Å²) in [7, 11) is 1.53. The highest BCUT2D eigenvalue weighted by Gasteiger charge is 2.20. The fourth-order valence-corrected chi connectivity index (χ4v) is 4.09. The monoisotopic (exact) mass is 449 g/mol. The van der Waals surface area contributed by atoms with Gasteiger partial charge in [-0.1, -0.05) is 12.1 Å². The van der Waals surface area contributed by atoms with Crippen molar-refractivity contribution in [3.05, 3.63) is 48.5 Å². The Balaban J connectivity index is 1.48. The maximum atomic E-state index is 10.0. The SMILES string of the molecule is COc1cc(-c2cc(-c3cccc4c3OCO4)cc(NCCN3CCOCC3)n2)ccc1O. The highest BCUT2D eigenvalue weighted by atomic mass is 16.7. The molecule has 1 fully saturated rings. The van der Waals surface area contributed by atoms with Gasteiger partial charge in [0.2, 0.25) is 6.79 Å². The van der Waals surface area contributed by atoms with Gasteiger partial charge in [-0.25, -0.2) is 4.98 Å². The largest absolute Gasteiger partial charge is 0.504 e. The van der Waals surface area contributed by atoms with Crippen LogP contribution < -0.4 is 19.5 Å². The van der Waals surface area contributed by atoms with E-state index in [0.29, 0.717) is 5.75 Å². The number of rotatable bonds is 7. The van der Waals surface area contributed by atoms with Crippen LogP contribution in [0, 0.1) is 0 Å². The van der Waals surface area contributed by atoms with Crippen LogP contribution in [0.15, 0.2) is 48.5 Å². The Morgan fingerprint density at radius 1 is 1.06 bits per heavy atom. The first-order valence-electron chi connectivity index (χ1n) is 11.0. The fraction of sp³-hybridized carbons (Fsp3) is 0.320. The molecule has 0 spiro atoms. The van der Waals surface area contributed by atoms with Crippen molar-refractivity contribution in [2.45, 2.75) is 0 Å². The van der Waals surface area contributed by atoms with Crippen LogP contribution in [-0.4, -0.2) is 68.3 Å². The molecular weight excluding hydrogens is 422 g/mol. The lowest BCUT2D eigenvalue weighted by atomic mass is 10.0. The third-order valence-electron chi connectivity index (χ3n) is 5.85. The van der Waals surface area contributed by atoms with Crippen LogP contribution in [0.3, 0.4) is 0 Å². The Kier molecular flexibility index (Phi) is 6.19. The molecular formula is C25H27N3O5. The van der Waals surface area contributed by atoms with Gasteiger partial charge in [0.05, 0.1) is 26.0 Å². The molecule has 1 aromatic heterocycles. The maximum absolute atomic E-state index is 10.0. The van der Waals surface area contributed by atoms with Crippen LogP contribution in [0.2, 0.25) is 0 Å². The fourth-order valence-electron chi connectivity index (χ4n) is 4.09. The van der Waals surface area contributed by atoms with Crippen LogP contribution >= 0.6 is 0 Å². The van der Waals surface area contributed by atoms with Gasteiger partial charge in [0.15, 0.2) is 23.0 Å². The summed E-state index contributed by atoms with van der Waals surface area (Å²) < 4.78 is 22.0. The van der Waals surface area contributed by atoms with Gasteiger partial charge in [-0.15, -0.1) is 0 Å². The zero-order chi connectivity index (χ0) is 22.6. The van der Waals surface area contributed by atoms with E-state index in [1.807, 2.05) is 36.4 Å². The number of pyridine rings is 1. The zero-order valence-corrected chi connectivity index (χ0v) is 18.5. The highest BCUT2D eigenvalue weighted by molar-refractivity contribution is 5.80. The molecule has 0 aliphatic carbocycles. The molecule has 2 N–H and O–H groups in total. The minimum atomic E-state index is 0.0905. The van der Waals surface area contributed by atoms with Crippen molar-refractivity contribution in [3.63, 3.8) is 0 Å². The Morgan fingerprint density at radius 2 is 1.94 bits per heavy atom. The topological polar surface area (TPSA) is 85.3 Å². The van der Waals surface area contributed by atoms with Gasteiger partial charge in [0.1, 0.15) is 5.82 Å². The molecule has 0 atom stereocenters. The number of para-hydroxylation sites is 1. The lowest BCUT2D eigenvalue weighted by Gasteiger charge is -2.26. The summed E-state index contributed by atoms with van der Waals surface area (Å²) in [6, 6.07) is 15.1. The predicted octanol–water partition coefficient (Wildman–Crippen LogP) is 3.60. The third-order valence-corrected chi connectivity index (χ3v) is 5.85. The lowest BCUT2D eigenvalue weighted by molar-refractivity contribution is 0.0398. The molecule has 0 radical (unpaired) electrons. The number of hydrogen-bond donors (Lipinski definition) is 2. The number of hydrogen-bond acceptors (Lipinski definition) is 8. The van der Waals surface area contributed by atoms with Gasteiger partial charge in [0, 0.05) is 37.3 Å². The molecule has 33 heavy (non-hydrogen) atoms. The molecule has 0 amide bonds. The second kappa shape index (κ2) is 9.56. The minimum Gasteiger partial charge on any atom is -0.504 e. The number of morpholine rings is 1. The molecule has 0 unspecified atom stereocenters. The van der Waals surface area contributed by atoms with Gasteiger partial charge in [0.25, 0.3) is 0 Å². The average molecular weight is 450 g/mol. The molecule has 5 rings (SSSR count). The van der Waals surface area contributed by atoms with Gasteiger partial charge < -0.3 is 29.4 Å². The number of nitrogens with zero attached hydrogens (tertiary/aromatic N) is 2. The number of aromatic nitrogens is 1. The zero-order valence-electron chi connectivity index (χ0n) is 18.5. The van der Waals surface area contributed by atoms with E-state index in [2.05, 4.69) is 10.2 Å². The molecule has 2 aliphatic heterocycles. The molecule has 2 aliphatic rings. The predicted molar refractivity (Wildman–Crippen MR) is 125 cm³/mol. The van der Waals surface area contributed by atoms with E-state index in [1.165, 1.54) is 7.11 Å². The van der Waals surface area contributed by atoms with E-state index in [4.69, 9.17) is 23.9 Å². The van der Waals surface area contributed by atoms with Crippen molar-refractivity contribution in [1.82, 2.24) is 9.88 Å². The molecule has 3 heterocycles. The molecule has 3 aromatic rings. The summed E-state index contributed by atoms with van der Waals surface area (Å²) in [4.78, 5) is 7.22. The van der Waals surface area contributed by atoms with Gasteiger partial charge in [-0.3, -0.25) is 4.90 Å². The molecule has 2 aromatic carbocycles. The Labute approximate surface area is 192 Å². The van der Waals surface area contributed by atoms with Crippen molar-refractivity contribution in [2.75, 3.05) is 58.6 Å². The summed E-state index contributed by atoms with van der Waals surface area (Å²) in [6.07, 6.45) is 0. The first-order valence-corrected chi connectivity index (χ1v) is 11.0. The van der Waals surface area contributed by atoms with Crippen molar-refractivity contribution in [2.24, 2.45) is 0 Å². The quantitative estimate of drug-likeness (QED) is 0.566. The van der Waals surface area contributed by atoms with Crippen molar-refractivity contribution in [3.8, 4) is 45.4 Å². The van der Waals surface area contributed by atoms with E-state index < -0.39 is 0 Å². The van der Waals surface area contributed by atoms with Gasteiger partial charge >= 0.3 is 0 Å². The molecule has 8 nitrogen and oxygen atoms in total. The normalized spacial score (nSPS) is 15.4. The molecule has 1 saturated heterocycles. The summed E-state index contributed by atoms with van der Waals surface area (Å²) in [6.45, 7) is 5.34. The van der Waals surface area contributed by atoms with E-state index in [9.17, 15) is 5.11 Å². The number of aromatic hydroxyl groups is 1. The van der Waals surface area contributed by atoms with Crippen molar-refractivity contribution in [1.29, 1.82) is 0 Å². The maximum Gasteiger partial charge on any atom is 0.231 e. The lowest BCUT2D eigenvalue weighted by Crippen LogP contribution is -2.39. The number of ether oxygens (including phenoxy) is 4. The number of phenols is 1. The molecule has 172 valence electrons. The highest BCUT2D eigenvalue weighted by Crippen LogP contribution is 2.42. The van der Waals surface area contributed by atoms with Crippen LogP contribution in [0.25, 0.3) is 22.4 Å². The van der Waals surface area contributed by atoms with Gasteiger partial charge in [-0.05, 0) is 42.0 Å². The summed E-state index contributed by atoms with van der Waals surface area (Å²) >= 11 is 0. The smallest absolute Gasteiger partial charge is 0.231 e. The van der Waals surface area contributed by atoms with Gasteiger partial charge in [-0.2, -0.15) is 0 Å². The number of methoxy groups -OCH3 is 1. The number of benzene rings is 2. The Bertz CT molecular complexity index is 1130. The molecule has 0 bridgehead atoms. The van der Waals surface area contributed by atoms with Crippen LogP contribution in [0.4, 0.5) is 5.82 Å². The number of nitrogens with one attached hydrogen (secondary N) is 1. The Hall–Kier alpha value is -3.49. The van der Waals surface area contributed by atoms with E-state index in [0.717, 1.165) is 79.1 Å². The van der Waals surface area contributed by atoms with Crippen LogP contribution in [0.1, 0.15) is 0 Å². The summed E-state index contributed by atoms with van der Waals surface area (Å²) in [5, 5.41) is 13.5. The average Bonchev–Trinajstić information content (AvgIpc) is 3.34. The first-order chi connectivity index (χ1) is 16.2. The van der Waals surface area contributed by atoms with E-state index in [1.54, 1.807) is 12.1 Å². The van der Waals surface area contributed by atoms with E-state index in [-0.39, 0.29) is 12.5 Å².